The van der Waals surface area contributed by atoms with Crippen molar-refractivity contribution >= 4 is 17.4 Å². The van der Waals surface area contributed by atoms with Crippen LogP contribution in [0.5, 0.6) is 11.5 Å². The van der Waals surface area contributed by atoms with Gasteiger partial charge in [0.05, 0.1) is 5.02 Å². The van der Waals surface area contributed by atoms with E-state index in [-0.39, 0.29) is 5.78 Å². The Labute approximate surface area is 158 Å². The zero-order valence-electron chi connectivity index (χ0n) is 14.4. The molecular weight excluding hydrogens is 350 g/mol. The molecule has 1 fully saturated rings. The number of halogens is 1. The lowest BCUT2D eigenvalue weighted by atomic mass is 9.99. The second-order valence-corrected chi connectivity index (χ2v) is 7.06. The van der Waals surface area contributed by atoms with Crippen LogP contribution >= 0.6 is 11.6 Å². The number of benzene rings is 2. The standard InChI is InChI=1S/C21H20ClNO3/c22-18-13-21-20(25-10-11-26-21)12-17(18)19(24)7-9-23-8-6-16(14-23)15-4-2-1-3-5-15/h1-5,10-13,16H,6-9,14H2. The van der Waals surface area contributed by atoms with Crippen molar-refractivity contribution in [2.45, 2.75) is 18.8 Å². The second kappa shape index (κ2) is 7.52. The molecule has 0 aromatic heterocycles. The molecule has 2 heterocycles. The van der Waals surface area contributed by atoms with Gasteiger partial charge in [-0.15, -0.1) is 0 Å². The van der Waals surface area contributed by atoms with Crippen LogP contribution in [0.25, 0.3) is 0 Å². The second-order valence-electron chi connectivity index (χ2n) is 6.66. The monoisotopic (exact) mass is 369 g/mol. The fourth-order valence-corrected chi connectivity index (χ4v) is 3.82. The molecule has 4 rings (SSSR count). The minimum absolute atomic E-state index is 0.0270. The summed E-state index contributed by atoms with van der Waals surface area (Å²) in [6.45, 7) is 2.76. The highest BCUT2D eigenvalue weighted by Gasteiger charge is 2.25. The van der Waals surface area contributed by atoms with E-state index in [0.717, 1.165) is 26.1 Å². The van der Waals surface area contributed by atoms with Crippen molar-refractivity contribution in [1.29, 1.82) is 0 Å². The van der Waals surface area contributed by atoms with E-state index in [1.54, 1.807) is 12.1 Å². The Hall–Kier alpha value is -2.30. The van der Waals surface area contributed by atoms with Crippen LogP contribution in [0.15, 0.2) is 55.0 Å². The summed E-state index contributed by atoms with van der Waals surface area (Å²) in [7, 11) is 0. The van der Waals surface area contributed by atoms with E-state index in [1.807, 2.05) is 6.07 Å². The predicted octanol–water partition coefficient (Wildman–Crippen LogP) is 4.64. The minimum Gasteiger partial charge on any atom is -0.458 e. The van der Waals surface area contributed by atoms with Crippen molar-refractivity contribution in [3.63, 3.8) is 0 Å². The highest BCUT2D eigenvalue weighted by atomic mass is 35.5. The number of carbonyl (C=O) groups is 1. The fraction of sp³-hybridized carbons (Fsp3) is 0.286. The van der Waals surface area contributed by atoms with Gasteiger partial charge in [-0.2, -0.15) is 0 Å². The van der Waals surface area contributed by atoms with Gasteiger partial charge in [0, 0.05) is 31.1 Å². The molecule has 4 nitrogen and oxygen atoms in total. The first-order valence-corrected chi connectivity index (χ1v) is 9.21. The van der Waals surface area contributed by atoms with Crippen LogP contribution in [-0.4, -0.2) is 30.3 Å². The van der Waals surface area contributed by atoms with E-state index in [4.69, 9.17) is 21.1 Å². The van der Waals surface area contributed by atoms with Gasteiger partial charge >= 0.3 is 0 Å². The zero-order valence-corrected chi connectivity index (χ0v) is 15.1. The summed E-state index contributed by atoms with van der Waals surface area (Å²) >= 11 is 6.26. The van der Waals surface area contributed by atoms with Gasteiger partial charge in [0.15, 0.2) is 17.3 Å². The number of hydrogen-bond acceptors (Lipinski definition) is 4. The van der Waals surface area contributed by atoms with E-state index < -0.39 is 0 Å². The molecule has 0 radical (unpaired) electrons. The molecule has 1 saturated heterocycles. The van der Waals surface area contributed by atoms with Crippen LogP contribution < -0.4 is 9.47 Å². The molecule has 26 heavy (non-hydrogen) atoms. The lowest BCUT2D eigenvalue weighted by molar-refractivity contribution is 0.0968. The number of Topliss-reactive ketones (excluding diaryl/α,β-unsaturated/α-hetero) is 1. The smallest absolute Gasteiger partial charge is 0.170 e. The van der Waals surface area contributed by atoms with Crippen molar-refractivity contribution < 1.29 is 14.3 Å². The Kier molecular flexibility index (Phi) is 4.96. The molecule has 2 aliphatic rings. The topological polar surface area (TPSA) is 38.8 Å². The van der Waals surface area contributed by atoms with Gasteiger partial charge < -0.3 is 14.4 Å². The van der Waals surface area contributed by atoms with Crippen LogP contribution in [0.1, 0.15) is 34.7 Å². The van der Waals surface area contributed by atoms with Gasteiger partial charge in [-0.25, -0.2) is 0 Å². The summed E-state index contributed by atoms with van der Waals surface area (Å²) in [5.41, 5.74) is 1.87. The van der Waals surface area contributed by atoms with Crippen LogP contribution in [0.3, 0.4) is 0 Å². The Bertz CT molecular complexity index is 835. The first-order chi connectivity index (χ1) is 12.7. The SMILES string of the molecule is O=C(CCN1CCC(c2ccccc2)C1)c1cc2c(cc1Cl)OC=CO2. The van der Waals surface area contributed by atoms with Crippen molar-refractivity contribution in [3.05, 3.63) is 71.1 Å². The molecule has 2 aliphatic heterocycles. The molecule has 0 aliphatic carbocycles. The quantitative estimate of drug-likeness (QED) is 0.719. The molecule has 1 unspecified atom stereocenters. The molecule has 0 saturated carbocycles. The number of ketones is 1. The van der Waals surface area contributed by atoms with Crippen LogP contribution in [-0.2, 0) is 0 Å². The van der Waals surface area contributed by atoms with Crippen molar-refractivity contribution in [3.8, 4) is 11.5 Å². The molecule has 0 N–H and O–H groups in total. The normalized spacial score (nSPS) is 18.9. The van der Waals surface area contributed by atoms with Gasteiger partial charge in [-0.05, 0) is 30.5 Å². The van der Waals surface area contributed by atoms with Gasteiger partial charge in [0.25, 0.3) is 0 Å². The Morgan fingerprint density at radius 2 is 1.85 bits per heavy atom. The summed E-state index contributed by atoms with van der Waals surface area (Å²) in [4.78, 5) is 15.0. The lowest BCUT2D eigenvalue weighted by Crippen LogP contribution is -2.23. The molecule has 2 aromatic rings. The number of nitrogens with zero attached hydrogens (tertiary/aromatic N) is 1. The Morgan fingerprint density at radius 1 is 1.12 bits per heavy atom. The van der Waals surface area contributed by atoms with E-state index in [1.165, 1.54) is 18.1 Å². The first kappa shape index (κ1) is 17.1. The zero-order chi connectivity index (χ0) is 17.9. The minimum atomic E-state index is 0.0270. The van der Waals surface area contributed by atoms with E-state index in [2.05, 4.69) is 29.2 Å². The summed E-state index contributed by atoms with van der Waals surface area (Å²) in [5, 5.41) is 0.399. The Morgan fingerprint density at radius 3 is 2.62 bits per heavy atom. The average molecular weight is 370 g/mol. The molecular formula is C21H20ClNO3. The number of ether oxygens (including phenoxy) is 2. The van der Waals surface area contributed by atoms with E-state index >= 15 is 0 Å². The third kappa shape index (κ3) is 3.62. The average Bonchev–Trinajstić information content (AvgIpc) is 3.15. The largest absolute Gasteiger partial charge is 0.458 e. The van der Waals surface area contributed by atoms with Crippen molar-refractivity contribution in [2.75, 3.05) is 19.6 Å². The Balaban J connectivity index is 1.36. The van der Waals surface area contributed by atoms with E-state index in [9.17, 15) is 4.79 Å². The molecule has 0 amide bonds. The number of hydrogen-bond donors (Lipinski definition) is 0. The molecule has 1 atom stereocenters. The fourth-order valence-electron chi connectivity index (χ4n) is 3.56. The third-order valence-corrected chi connectivity index (χ3v) is 5.29. The first-order valence-electron chi connectivity index (χ1n) is 8.83. The summed E-state index contributed by atoms with van der Waals surface area (Å²) in [6, 6.07) is 13.9. The van der Waals surface area contributed by atoms with Crippen molar-refractivity contribution in [2.24, 2.45) is 0 Å². The summed E-state index contributed by atoms with van der Waals surface area (Å²) < 4.78 is 10.7. The maximum atomic E-state index is 12.6. The predicted molar refractivity (Wildman–Crippen MR) is 101 cm³/mol. The van der Waals surface area contributed by atoms with Crippen LogP contribution in [0.4, 0.5) is 0 Å². The van der Waals surface area contributed by atoms with Crippen LogP contribution in [0, 0.1) is 0 Å². The number of rotatable bonds is 5. The van der Waals surface area contributed by atoms with Gasteiger partial charge in [0.2, 0.25) is 0 Å². The molecule has 0 spiro atoms. The maximum absolute atomic E-state index is 12.6. The lowest BCUT2D eigenvalue weighted by Gasteiger charge is -2.17. The third-order valence-electron chi connectivity index (χ3n) is 4.98. The molecule has 134 valence electrons. The number of carbonyl (C=O) groups excluding carboxylic acids is 1. The molecule has 2 aromatic carbocycles. The highest BCUT2D eigenvalue weighted by Crippen LogP contribution is 2.36. The number of fused-ring (bicyclic) bond motifs is 1. The maximum Gasteiger partial charge on any atom is 0.170 e. The van der Waals surface area contributed by atoms with Gasteiger partial charge in [0.1, 0.15) is 12.5 Å². The molecule has 0 bridgehead atoms. The van der Waals surface area contributed by atoms with Gasteiger partial charge in [-0.1, -0.05) is 41.9 Å². The molecule has 5 heteroatoms. The summed E-state index contributed by atoms with van der Waals surface area (Å²) in [6.07, 6.45) is 4.46. The number of likely N-dealkylation sites (tertiary alicyclic amines) is 1. The summed E-state index contributed by atoms with van der Waals surface area (Å²) in [5.74, 6) is 1.62. The van der Waals surface area contributed by atoms with Crippen molar-refractivity contribution in [1.82, 2.24) is 4.90 Å². The van der Waals surface area contributed by atoms with Gasteiger partial charge in [-0.3, -0.25) is 4.79 Å². The van der Waals surface area contributed by atoms with Crippen LogP contribution in [0.2, 0.25) is 5.02 Å². The van der Waals surface area contributed by atoms with E-state index in [0.29, 0.717) is 34.4 Å². The highest BCUT2D eigenvalue weighted by molar-refractivity contribution is 6.34.